The van der Waals surface area contributed by atoms with Gasteiger partial charge in [0.25, 0.3) is 0 Å². The number of carbonyl (C=O) groups is 2. The van der Waals surface area contributed by atoms with Crippen molar-refractivity contribution in [1.82, 2.24) is 5.32 Å². The molecule has 0 bridgehead atoms. The Morgan fingerprint density at radius 2 is 1.84 bits per heavy atom. The van der Waals surface area contributed by atoms with Gasteiger partial charge in [-0.2, -0.15) is 0 Å². The molecule has 0 saturated heterocycles. The zero-order valence-electron chi connectivity index (χ0n) is 10.8. The maximum atomic E-state index is 12.7. The monoisotopic (exact) mass is 265 g/mol. The van der Waals surface area contributed by atoms with Crippen molar-refractivity contribution in [3.05, 3.63) is 41.7 Å². The number of carboxylic acids is 1. The number of hydrogen-bond donors (Lipinski definition) is 2. The number of rotatable bonds is 5. The fourth-order valence-corrected chi connectivity index (χ4v) is 1.46. The van der Waals surface area contributed by atoms with E-state index < -0.39 is 17.9 Å². The van der Waals surface area contributed by atoms with Crippen LogP contribution in [0.3, 0.4) is 0 Å². The zero-order valence-corrected chi connectivity index (χ0v) is 10.8. The molecule has 102 valence electrons. The third-order valence-corrected chi connectivity index (χ3v) is 2.53. The summed E-state index contributed by atoms with van der Waals surface area (Å²) in [6, 6.07) is 4.69. The molecule has 0 heterocycles. The summed E-state index contributed by atoms with van der Waals surface area (Å²) >= 11 is 0. The van der Waals surface area contributed by atoms with Gasteiger partial charge in [0, 0.05) is 6.08 Å². The van der Waals surface area contributed by atoms with Crippen LogP contribution in [0.4, 0.5) is 4.39 Å². The summed E-state index contributed by atoms with van der Waals surface area (Å²) in [5.41, 5.74) is 0.660. The van der Waals surface area contributed by atoms with Gasteiger partial charge in [-0.1, -0.05) is 26.0 Å². The van der Waals surface area contributed by atoms with Gasteiger partial charge in [-0.15, -0.1) is 0 Å². The third-order valence-electron chi connectivity index (χ3n) is 2.53. The molecule has 19 heavy (non-hydrogen) atoms. The quantitative estimate of drug-likeness (QED) is 0.801. The molecule has 0 aromatic heterocycles. The van der Waals surface area contributed by atoms with Crippen LogP contribution in [0.25, 0.3) is 6.08 Å². The maximum Gasteiger partial charge on any atom is 0.326 e. The minimum atomic E-state index is -1.07. The standard InChI is InChI=1S/C14H16FNO3/c1-9(2)13(14(18)19)16-12(17)8-5-10-3-6-11(15)7-4-10/h3-9,13H,1-2H3,(H,16,17)(H,18,19)/t13-/m1/s1. The Hall–Kier alpha value is -2.17. The smallest absolute Gasteiger partial charge is 0.326 e. The Labute approximate surface area is 110 Å². The number of hydrogen-bond acceptors (Lipinski definition) is 2. The lowest BCUT2D eigenvalue weighted by Gasteiger charge is -2.16. The second-order valence-corrected chi connectivity index (χ2v) is 4.45. The number of carbonyl (C=O) groups excluding carboxylic acids is 1. The van der Waals surface area contributed by atoms with Crippen LogP contribution in [0.1, 0.15) is 19.4 Å². The Morgan fingerprint density at radius 1 is 1.26 bits per heavy atom. The van der Waals surface area contributed by atoms with Crippen molar-refractivity contribution < 1.29 is 19.1 Å². The first-order chi connectivity index (χ1) is 8.90. The predicted octanol–water partition coefficient (Wildman–Crippen LogP) is 2.06. The van der Waals surface area contributed by atoms with Crippen LogP contribution in [0.2, 0.25) is 0 Å². The predicted molar refractivity (Wildman–Crippen MR) is 69.8 cm³/mol. The lowest BCUT2D eigenvalue weighted by molar-refractivity contribution is -0.142. The van der Waals surface area contributed by atoms with Crippen molar-refractivity contribution in [2.24, 2.45) is 5.92 Å². The molecule has 0 radical (unpaired) electrons. The number of amides is 1. The van der Waals surface area contributed by atoms with Crippen molar-refractivity contribution in [3.8, 4) is 0 Å². The average Bonchev–Trinajstić information content (AvgIpc) is 2.34. The van der Waals surface area contributed by atoms with Crippen molar-refractivity contribution in [1.29, 1.82) is 0 Å². The normalized spacial score (nSPS) is 12.6. The summed E-state index contributed by atoms with van der Waals surface area (Å²) in [6.45, 7) is 3.42. The van der Waals surface area contributed by atoms with E-state index in [0.717, 1.165) is 0 Å². The Balaban J connectivity index is 2.64. The molecular weight excluding hydrogens is 249 g/mol. The van der Waals surface area contributed by atoms with Gasteiger partial charge in [-0.3, -0.25) is 4.79 Å². The van der Waals surface area contributed by atoms with E-state index in [1.165, 1.54) is 36.4 Å². The minimum absolute atomic E-state index is 0.208. The Morgan fingerprint density at radius 3 is 2.32 bits per heavy atom. The number of aliphatic carboxylic acids is 1. The molecule has 1 aromatic rings. The number of benzene rings is 1. The summed E-state index contributed by atoms with van der Waals surface area (Å²) < 4.78 is 12.7. The second-order valence-electron chi connectivity index (χ2n) is 4.45. The zero-order chi connectivity index (χ0) is 14.4. The van der Waals surface area contributed by atoms with E-state index in [1.807, 2.05) is 0 Å². The number of nitrogens with one attached hydrogen (secondary N) is 1. The second kappa shape index (κ2) is 6.68. The van der Waals surface area contributed by atoms with Crippen LogP contribution < -0.4 is 5.32 Å². The van der Waals surface area contributed by atoms with Gasteiger partial charge >= 0.3 is 5.97 Å². The van der Waals surface area contributed by atoms with Gasteiger partial charge in [0.2, 0.25) is 5.91 Å². The molecule has 0 aliphatic carbocycles. The fourth-order valence-electron chi connectivity index (χ4n) is 1.46. The van der Waals surface area contributed by atoms with E-state index in [9.17, 15) is 14.0 Å². The first-order valence-corrected chi connectivity index (χ1v) is 5.87. The molecule has 4 nitrogen and oxygen atoms in total. The van der Waals surface area contributed by atoms with Crippen molar-refractivity contribution in [2.45, 2.75) is 19.9 Å². The summed E-state index contributed by atoms with van der Waals surface area (Å²) in [4.78, 5) is 22.5. The molecule has 5 heteroatoms. The van der Waals surface area contributed by atoms with Crippen LogP contribution in [0.5, 0.6) is 0 Å². The third kappa shape index (κ3) is 4.91. The summed E-state index contributed by atoms with van der Waals surface area (Å²) in [7, 11) is 0. The van der Waals surface area contributed by atoms with Gasteiger partial charge in [0.1, 0.15) is 11.9 Å². The lowest BCUT2D eigenvalue weighted by atomic mass is 10.0. The van der Waals surface area contributed by atoms with Crippen LogP contribution in [0.15, 0.2) is 30.3 Å². The minimum Gasteiger partial charge on any atom is -0.480 e. The topological polar surface area (TPSA) is 66.4 Å². The van der Waals surface area contributed by atoms with Gasteiger partial charge < -0.3 is 10.4 Å². The Bertz CT molecular complexity index is 480. The highest BCUT2D eigenvalue weighted by Crippen LogP contribution is 2.05. The van der Waals surface area contributed by atoms with Crippen molar-refractivity contribution in [3.63, 3.8) is 0 Å². The van der Waals surface area contributed by atoms with Crippen LogP contribution in [-0.2, 0) is 9.59 Å². The fraction of sp³-hybridized carbons (Fsp3) is 0.286. The highest BCUT2D eigenvalue weighted by Gasteiger charge is 2.22. The van der Waals surface area contributed by atoms with E-state index in [4.69, 9.17) is 5.11 Å². The largest absolute Gasteiger partial charge is 0.480 e. The molecule has 2 N–H and O–H groups in total. The van der Waals surface area contributed by atoms with Crippen molar-refractivity contribution in [2.75, 3.05) is 0 Å². The molecule has 0 saturated carbocycles. The van der Waals surface area contributed by atoms with E-state index in [2.05, 4.69) is 5.32 Å². The molecule has 0 unspecified atom stereocenters. The van der Waals surface area contributed by atoms with E-state index >= 15 is 0 Å². The molecule has 0 aliphatic rings. The Kier molecular flexibility index (Phi) is 5.23. The molecule has 0 fully saturated rings. The highest BCUT2D eigenvalue weighted by molar-refractivity contribution is 5.94. The first-order valence-electron chi connectivity index (χ1n) is 5.87. The number of halogens is 1. The van der Waals surface area contributed by atoms with Gasteiger partial charge in [0.15, 0.2) is 0 Å². The lowest BCUT2D eigenvalue weighted by Crippen LogP contribution is -2.43. The molecule has 0 aliphatic heterocycles. The average molecular weight is 265 g/mol. The molecule has 1 aromatic carbocycles. The van der Waals surface area contributed by atoms with E-state index in [-0.39, 0.29) is 11.7 Å². The van der Waals surface area contributed by atoms with E-state index in [1.54, 1.807) is 13.8 Å². The van der Waals surface area contributed by atoms with Crippen molar-refractivity contribution >= 4 is 18.0 Å². The molecular formula is C14H16FNO3. The van der Waals surface area contributed by atoms with Crippen LogP contribution in [-0.4, -0.2) is 23.0 Å². The van der Waals surface area contributed by atoms with E-state index in [0.29, 0.717) is 5.56 Å². The molecule has 1 amide bonds. The molecule has 1 atom stereocenters. The molecule has 0 spiro atoms. The summed E-state index contributed by atoms with van der Waals surface area (Å²) in [6.07, 6.45) is 2.72. The summed E-state index contributed by atoms with van der Waals surface area (Å²) in [5, 5.41) is 11.3. The molecule has 1 rings (SSSR count). The van der Waals surface area contributed by atoms with Crippen LogP contribution >= 0.6 is 0 Å². The maximum absolute atomic E-state index is 12.7. The van der Waals surface area contributed by atoms with Crippen LogP contribution in [0, 0.1) is 11.7 Å². The van der Waals surface area contributed by atoms with Gasteiger partial charge in [0.05, 0.1) is 0 Å². The van der Waals surface area contributed by atoms with Gasteiger partial charge in [-0.05, 0) is 29.7 Å². The SMILES string of the molecule is CC(C)[C@@H](NC(=O)C=Cc1ccc(F)cc1)C(=O)O. The first kappa shape index (κ1) is 14.9. The highest BCUT2D eigenvalue weighted by atomic mass is 19.1. The van der Waals surface area contributed by atoms with Gasteiger partial charge in [-0.25, -0.2) is 9.18 Å². The number of carboxylic acid groups (broad SMARTS) is 1. The summed E-state index contributed by atoms with van der Waals surface area (Å²) in [5.74, 6) is -2.13.